The van der Waals surface area contributed by atoms with Crippen LogP contribution in [0.2, 0.25) is 0 Å². The molecule has 0 aliphatic heterocycles. The number of benzene rings is 3. The highest BCUT2D eigenvalue weighted by Crippen LogP contribution is 2.39. The van der Waals surface area contributed by atoms with Gasteiger partial charge in [-0.3, -0.25) is 9.59 Å². The van der Waals surface area contributed by atoms with Gasteiger partial charge in [-0.15, -0.1) is 0 Å². The maximum absolute atomic E-state index is 13.3. The summed E-state index contributed by atoms with van der Waals surface area (Å²) in [6, 6.07) is 15.4. The monoisotopic (exact) mass is 463 g/mol. The molecular weight excluding hydrogens is 430 g/mol. The Morgan fingerprint density at radius 1 is 0.909 bits per heavy atom. The van der Waals surface area contributed by atoms with Crippen LogP contribution in [0.1, 0.15) is 96.7 Å². The van der Waals surface area contributed by atoms with Crippen LogP contribution in [0.25, 0.3) is 10.8 Å². The van der Waals surface area contributed by atoms with Gasteiger partial charge in [0.1, 0.15) is 0 Å². The molecule has 0 aliphatic rings. The molecule has 0 bridgehead atoms. The Morgan fingerprint density at radius 3 is 2.00 bits per heavy atom. The van der Waals surface area contributed by atoms with Crippen molar-refractivity contribution < 1.29 is 13.9 Å². The van der Waals surface area contributed by atoms with Crippen molar-refractivity contribution in [2.75, 3.05) is 7.05 Å². The SMILES string of the molecule is CC(C)c1cc(C(C)C)c(SON(C)C(=O)c2cccc3cccc(C=O)c23)c(C(C)C)c1. The van der Waals surface area contributed by atoms with Crippen molar-refractivity contribution in [1.82, 2.24) is 5.06 Å². The minimum atomic E-state index is -0.293. The average molecular weight is 464 g/mol. The molecule has 0 radical (unpaired) electrons. The second kappa shape index (κ2) is 10.5. The number of rotatable bonds is 8. The van der Waals surface area contributed by atoms with Crippen LogP contribution < -0.4 is 0 Å². The Kier molecular flexibility index (Phi) is 7.98. The Morgan fingerprint density at radius 2 is 1.48 bits per heavy atom. The number of fused-ring (bicyclic) bond motifs is 1. The number of hydrogen-bond donors (Lipinski definition) is 0. The van der Waals surface area contributed by atoms with Gasteiger partial charge in [0, 0.05) is 22.9 Å². The third-order valence-corrected chi connectivity index (χ3v) is 6.83. The summed E-state index contributed by atoms with van der Waals surface area (Å²) in [7, 11) is 1.62. The Balaban J connectivity index is 1.94. The van der Waals surface area contributed by atoms with Crippen LogP contribution in [-0.2, 0) is 4.28 Å². The molecule has 0 N–H and O–H groups in total. The van der Waals surface area contributed by atoms with Crippen molar-refractivity contribution in [2.24, 2.45) is 0 Å². The highest BCUT2D eigenvalue weighted by Gasteiger charge is 2.22. The first-order valence-electron chi connectivity index (χ1n) is 11.4. The molecule has 174 valence electrons. The summed E-state index contributed by atoms with van der Waals surface area (Å²) < 4.78 is 5.96. The average Bonchev–Trinajstić information content (AvgIpc) is 2.80. The van der Waals surface area contributed by atoms with E-state index >= 15 is 0 Å². The first-order chi connectivity index (χ1) is 15.6. The number of aldehydes is 1. The summed E-state index contributed by atoms with van der Waals surface area (Å²) >= 11 is 1.23. The van der Waals surface area contributed by atoms with Crippen LogP contribution in [0.5, 0.6) is 0 Å². The largest absolute Gasteiger partial charge is 0.298 e. The zero-order valence-corrected chi connectivity index (χ0v) is 21.3. The van der Waals surface area contributed by atoms with E-state index in [4.69, 9.17) is 4.28 Å². The van der Waals surface area contributed by atoms with E-state index in [1.807, 2.05) is 24.3 Å². The van der Waals surface area contributed by atoms with Crippen LogP contribution in [0.15, 0.2) is 53.4 Å². The molecule has 0 atom stereocenters. The van der Waals surface area contributed by atoms with Crippen molar-refractivity contribution in [2.45, 2.75) is 64.2 Å². The fraction of sp³-hybridized carbons (Fsp3) is 0.357. The molecule has 0 aromatic heterocycles. The van der Waals surface area contributed by atoms with Gasteiger partial charge in [-0.2, -0.15) is 4.28 Å². The predicted octanol–water partition coefficient (Wildman–Crippen LogP) is 7.73. The molecule has 0 unspecified atom stereocenters. The number of nitrogens with zero attached hydrogens (tertiary/aromatic N) is 1. The van der Waals surface area contributed by atoms with E-state index in [2.05, 4.69) is 53.7 Å². The first-order valence-corrected chi connectivity index (χ1v) is 12.2. The van der Waals surface area contributed by atoms with Crippen molar-refractivity contribution in [1.29, 1.82) is 0 Å². The van der Waals surface area contributed by atoms with Gasteiger partial charge in [-0.05, 0) is 45.9 Å². The lowest BCUT2D eigenvalue weighted by atomic mass is 9.89. The molecule has 3 aromatic carbocycles. The molecule has 0 saturated carbocycles. The van der Waals surface area contributed by atoms with E-state index in [1.54, 1.807) is 19.2 Å². The van der Waals surface area contributed by atoms with Gasteiger partial charge >= 0.3 is 0 Å². The Bertz CT molecular complexity index is 1130. The van der Waals surface area contributed by atoms with Crippen molar-refractivity contribution in [3.63, 3.8) is 0 Å². The van der Waals surface area contributed by atoms with Crippen LogP contribution in [0.4, 0.5) is 0 Å². The van der Waals surface area contributed by atoms with E-state index in [-0.39, 0.29) is 5.91 Å². The van der Waals surface area contributed by atoms with Crippen molar-refractivity contribution >= 4 is 35.0 Å². The second-order valence-corrected chi connectivity index (χ2v) is 10.0. The summed E-state index contributed by atoms with van der Waals surface area (Å²) in [6.07, 6.45) is 0.787. The number of carbonyl (C=O) groups is 2. The summed E-state index contributed by atoms with van der Waals surface area (Å²) in [5.41, 5.74) is 4.70. The van der Waals surface area contributed by atoms with Crippen molar-refractivity contribution in [3.05, 3.63) is 76.3 Å². The first kappa shape index (κ1) is 25.0. The summed E-state index contributed by atoms with van der Waals surface area (Å²) in [6.45, 7) is 13.1. The fourth-order valence-corrected chi connectivity index (χ4v) is 4.96. The smallest absolute Gasteiger partial charge is 0.278 e. The number of hydrogen-bond acceptors (Lipinski definition) is 4. The second-order valence-electron chi connectivity index (χ2n) is 9.32. The lowest BCUT2D eigenvalue weighted by molar-refractivity contribution is 0.00172. The van der Waals surface area contributed by atoms with E-state index < -0.39 is 0 Å². The summed E-state index contributed by atoms with van der Waals surface area (Å²) in [5, 5.41) is 2.75. The van der Waals surface area contributed by atoms with E-state index in [1.165, 1.54) is 33.8 Å². The van der Waals surface area contributed by atoms with Gasteiger partial charge in [0.25, 0.3) is 5.91 Å². The van der Waals surface area contributed by atoms with Crippen LogP contribution >= 0.6 is 12.0 Å². The zero-order valence-electron chi connectivity index (χ0n) is 20.5. The van der Waals surface area contributed by atoms with Crippen LogP contribution in [0, 0.1) is 0 Å². The highest BCUT2D eigenvalue weighted by atomic mass is 32.2. The normalized spacial score (nSPS) is 11.6. The lowest BCUT2D eigenvalue weighted by Gasteiger charge is -2.23. The molecular formula is C28H33NO3S. The molecule has 3 rings (SSSR count). The van der Waals surface area contributed by atoms with Gasteiger partial charge in [-0.1, -0.05) is 84.0 Å². The molecule has 4 nitrogen and oxygen atoms in total. The third kappa shape index (κ3) is 5.31. The summed E-state index contributed by atoms with van der Waals surface area (Å²) in [5.74, 6) is 0.782. The Hall–Kier alpha value is -2.63. The van der Waals surface area contributed by atoms with Gasteiger partial charge in [0.15, 0.2) is 6.29 Å². The number of amides is 1. The maximum atomic E-state index is 13.3. The molecule has 3 aromatic rings. The van der Waals surface area contributed by atoms with Crippen LogP contribution in [-0.4, -0.2) is 24.3 Å². The van der Waals surface area contributed by atoms with Gasteiger partial charge < -0.3 is 0 Å². The lowest BCUT2D eigenvalue weighted by Crippen LogP contribution is -2.25. The molecule has 0 saturated heterocycles. The zero-order chi connectivity index (χ0) is 24.3. The molecule has 0 fully saturated rings. The van der Waals surface area contributed by atoms with Crippen molar-refractivity contribution in [3.8, 4) is 0 Å². The van der Waals surface area contributed by atoms with Crippen LogP contribution in [0.3, 0.4) is 0 Å². The molecule has 0 heterocycles. The predicted molar refractivity (Wildman–Crippen MR) is 137 cm³/mol. The number of carbonyl (C=O) groups excluding carboxylic acids is 2. The standard InChI is InChI=1S/C28H33NO3S/c1-17(2)22-14-24(18(3)4)27(25(15-22)19(5)6)33-32-29(7)28(31)23-13-9-11-20-10-8-12-21(16-30)26(20)23/h8-19H,1-7H3. The quantitative estimate of drug-likeness (QED) is 0.195. The molecule has 5 heteroatoms. The minimum Gasteiger partial charge on any atom is -0.298 e. The van der Waals surface area contributed by atoms with Gasteiger partial charge in [0.05, 0.1) is 17.6 Å². The van der Waals surface area contributed by atoms with E-state index in [0.29, 0.717) is 34.3 Å². The molecule has 0 spiro atoms. The molecule has 1 amide bonds. The number of hydroxylamine groups is 2. The fourth-order valence-electron chi connectivity index (χ4n) is 3.93. The molecule has 0 aliphatic carbocycles. The highest BCUT2D eigenvalue weighted by molar-refractivity contribution is 7.94. The Labute approximate surface area is 201 Å². The van der Waals surface area contributed by atoms with E-state index in [0.717, 1.165) is 16.6 Å². The maximum Gasteiger partial charge on any atom is 0.278 e. The topological polar surface area (TPSA) is 46.6 Å². The third-order valence-electron chi connectivity index (χ3n) is 5.89. The van der Waals surface area contributed by atoms with Gasteiger partial charge in [-0.25, -0.2) is 5.06 Å². The van der Waals surface area contributed by atoms with E-state index in [9.17, 15) is 9.59 Å². The summed E-state index contributed by atoms with van der Waals surface area (Å²) in [4.78, 5) is 26.0. The van der Waals surface area contributed by atoms with Gasteiger partial charge in [0.2, 0.25) is 0 Å². The minimum absolute atomic E-state index is 0.293. The molecule has 33 heavy (non-hydrogen) atoms.